The Morgan fingerprint density at radius 1 is 1.07 bits per heavy atom. The number of likely N-dealkylation sites (tertiary alicyclic amines) is 2. The van der Waals surface area contributed by atoms with E-state index in [0.717, 1.165) is 61.9 Å². The minimum Gasteiger partial charge on any atom is -0.488 e. The van der Waals surface area contributed by atoms with Gasteiger partial charge in [-0.1, -0.05) is 32.0 Å². The number of methoxy groups -OCH3 is 3. The van der Waals surface area contributed by atoms with Crippen molar-refractivity contribution in [3.05, 3.63) is 65.9 Å². The van der Waals surface area contributed by atoms with Crippen LogP contribution in [0.25, 0.3) is 44.2 Å². The molecule has 3 aliphatic heterocycles. The number of alkyl carbamates (subject to hydrolysis) is 1. The summed E-state index contributed by atoms with van der Waals surface area (Å²) in [6.45, 7) is 5.78. The second-order valence-corrected chi connectivity index (χ2v) is 15.4. The minimum atomic E-state index is -0.967. The van der Waals surface area contributed by atoms with Crippen molar-refractivity contribution in [2.24, 2.45) is 11.8 Å². The highest BCUT2D eigenvalue weighted by Crippen LogP contribution is 2.45. The molecule has 15 heteroatoms. The van der Waals surface area contributed by atoms with Gasteiger partial charge in [0.25, 0.3) is 0 Å². The average molecular weight is 766 g/mol. The number of aromatic amines is 2. The molecule has 56 heavy (non-hydrogen) atoms. The topological polar surface area (TPSA) is 184 Å². The van der Waals surface area contributed by atoms with Gasteiger partial charge in [0.15, 0.2) is 0 Å². The summed E-state index contributed by atoms with van der Waals surface area (Å²) in [7, 11) is 4.53. The van der Waals surface area contributed by atoms with Gasteiger partial charge in [-0.2, -0.15) is 0 Å². The first kappa shape index (κ1) is 37.3. The zero-order valence-corrected chi connectivity index (χ0v) is 32.2. The molecule has 0 saturated carbocycles. The third kappa shape index (κ3) is 6.37. The van der Waals surface area contributed by atoms with Crippen LogP contribution in [-0.2, 0) is 31.2 Å². The summed E-state index contributed by atoms with van der Waals surface area (Å²) < 4.78 is 22.3. The average Bonchev–Trinajstić information content (AvgIpc) is 4.01. The quantitative estimate of drug-likeness (QED) is 0.128. The van der Waals surface area contributed by atoms with Crippen LogP contribution in [0.4, 0.5) is 9.59 Å². The third-order valence-corrected chi connectivity index (χ3v) is 11.6. The fraction of sp³-hybridized carbons (Fsp3) is 0.439. The van der Waals surface area contributed by atoms with E-state index in [2.05, 4.69) is 44.5 Å². The number of hydrogen-bond donors (Lipinski definition) is 4. The van der Waals surface area contributed by atoms with Crippen molar-refractivity contribution in [3.8, 4) is 28.1 Å². The van der Waals surface area contributed by atoms with Crippen molar-refractivity contribution in [1.82, 2.24) is 35.1 Å². The van der Waals surface area contributed by atoms with Crippen LogP contribution in [0.2, 0.25) is 0 Å². The van der Waals surface area contributed by atoms with Crippen LogP contribution in [0, 0.1) is 11.8 Å². The molecule has 8 rings (SSSR count). The molecule has 294 valence electrons. The highest BCUT2D eigenvalue weighted by Gasteiger charge is 2.49. The number of rotatable bonds is 10. The first-order valence-corrected chi connectivity index (χ1v) is 19.0. The number of imidazole rings is 2. The van der Waals surface area contributed by atoms with Crippen LogP contribution >= 0.6 is 0 Å². The molecule has 15 nitrogen and oxygen atoms in total. The Hall–Kier alpha value is -5.67. The van der Waals surface area contributed by atoms with Gasteiger partial charge in [0.1, 0.15) is 35.6 Å². The lowest BCUT2D eigenvalue weighted by molar-refractivity contribution is -0.141. The van der Waals surface area contributed by atoms with Gasteiger partial charge in [0, 0.05) is 44.2 Å². The standard InChI is InChI=1S/C41H47N7O8/c1-22(2)34(46-39(50)55-5)37(49)48-12-6-11-41(48,21-54-4)38-44-30-10-8-24-15-29-27-9-7-25(14-26(27)20-56-33(29)16-28(24)35(30)45-38)31-17-42-36(43-31)32-13-23(19-53-3)18-47(32)40(51)52/h7-10,14-17,22-23,32,34H,6,11-13,18-21H2,1-5H3,(H,42,43)(H,44,45)(H,46,50)(H,51,52)/t23-,32-,34-,41+/m0/s1. The molecule has 3 aliphatic rings. The Balaban J connectivity index is 1.10. The summed E-state index contributed by atoms with van der Waals surface area (Å²) in [6.07, 6.45) is 2.17. The first-order chi connectivity index (χ1) is 27.0. The number of ether oxygens (including phenoxy) is 4. The number of carbonyl (C=O) groups is 3. The van der Waals surface area contributed by atoms with E-state index < -0.39 is 23.8 Å². The van der Waals surface area contributed by atoms with E-state index in [1.165, 1.54) is 12.0 Å². The Morgan fingerprint density at radius 3 is 2.66 bits per heavy atom. The van der Waals surface area contributed by atoms with E-state index in [1.54, 1.807) is 25.3 Å². The number of nitrogens with one attached hydrogen (secondary N) is 3. The number of nitrogens with zero attached hydrogens (tertiary/aromatic N) is 4. The number of carbonyl (C=O) groups excluding carboxylic acids is 2. The second-order valence-electron chi connectivity index (χ2n) is 15.4. The lowest BCUT2D eigenvalue weighted by Gasteiger charge is -2.39. The van der Waals surface area contributed by atoms with Crippen LogP contribution in [0.3, 0.4) is 0 Å². The van der Waals surface area contributed by atoms with Crippen molar-refractivity contribution in [3.63, 3.8) is 0 Å². The van der Waals surface area contributed by atoms with Crippen molar-refractivity contribution >= 4 is 39.9 Å². The van der Waals surface area contributed by atoms with Gasteiger partial charge in [-0.25, -0.2) is 19.6 Å². The van der Waals surface area contributed by atoms with Crippen molar-refractivity contribution in [1.29, 1.82) is 0 Å². The maximum Gasteiger partial charge on any atom is 0.407 e. The van der Waals surface area contributed by atoms with Crippen LogP contribution in [-0.4, -0.2) is 107 Å². The highest BCUT2D eigenvalue weighted by molar-refractivity contribution is 6.07. The minimum absolute atomic E-state index is 0.111. The summed E-state index contributed by atoms with van der Waals surface area (Å²) in [5.74, 6) is 1.73. The molecule has 4 atom stereocenters. The fourth-order valence-corrected chi connectivity index (χ4v) is 8.85. The van der Waals surface area contributed by atoms with Crippen LogP contribution in [0.1, 0.15) is 56.4 Å². The Morgan fingerprint density at radius 2 is 1.91 bits per heavy atom. The lowest BCUT2D eigenvalue weighted by atomic mass is 9.92. The molecule has 0 radical (unpaired) electrons. The summed E-state index contributed by atoms with van der Waals surface area (Å²) in [5, 5.41) is 14.5. The van der Waals surface area contributed by atoms with Crippen molar-refractivity contribution in [2.45, 2.75) is 57.3 Å². The molecule has 2 fully saturated rings. The maximum absolute atomic E-state index is 14.1. The smallest absolute Gasteiger partial charge is 0.407 e. The van der Waals surface area contributed by atoms with E-state index in [9.17, 15) is 19.5 Å². The molecular formula is C41H47N7O8. The molecule has 0 spiro atoms. The molecule has 0 bridgehead atoms. The molecule has 2 aromatic heterocycles. The van der Waals surface area contributed by atoms with E-state index in [1.807, 2.05) is 32.0 Å². The zero-order chi connectivity index (χ0) is 39.3. The predicted octanol–water partition coefficient (Wildman–Crippen LogP) is 6.20. The number of fused-ring (bicyclic) bond motifs is 6. The molecule has 0 unspecified atom stereocenters. The van der Waals surface area contributed by atoms with Gasteiger partial charge in [0.05, 0.1) is 49.3 Å². The van der Waals surface area contributed by atoms with E-state index in [4.69, 9.17) is 23.9 Å². The van der Waals surface area contributed by atoms with Crippen LogP contribution in [0.5, 0.6) is 5.75 Å². The fourth-order valence-electron chi connectivity index (χ4n) is 8.85. The predicted molar refractivity (Wildman–Crippen MR) is 207 cm³/mol. The maximum atomic E-state index is 14.1. The number of H-pyrrole nitrogens is 2. The SMILES string of the molecule is COC[C@H]1C[C@@H](c2ncc(-c3ccc4c(c3)COc3cc5c(ccc6nc([C@]7(COC)CCCN7C(=O)[C@@H](NC(=O)OC)C(C)C)[nH]c65)cc3-4)[nH]2)N(C(=O)O)C1. The van der Waals surface area contributed by atoms with E-state index in [0.29, 0.717) is 50.8 Å². The molecule has 5 heterocycles. The van der Waals surface area contributed by atoms with Crippen LogP contribution in [0.15, 0.2) is 48.7 Å². The summed E-state index contributed by atoms with van der Waals surface area (Å²) in [4.78, 5) is 58.2. The molecule has 2 saturated heterocycles. The first-order valence-electron chi connectivity index (χ1n) is 19.0. The van der Waals surface area contributed by atoms with Crippen LogP contribution < -0.4 is 10.1 Å². The zero-order valence-electron chi connectivity index (χ0n) is 32.2. The molecule has 3 amide bonds. The summed E-state index contributed by atoms with van der Waals surface area (Å²) >= 11 is 0. The normalized spacial score (nSPS) is 21.0. The van der Waals surface area contributed by atoms with E-state index >= 15 is 0 Å². The number of amides is 3. The number of hydrogen-bond acceptors (Lipinski definition) is 9. The van der Waals surface area contributed by atoms with Gasteiger partial charge in [-0.05, 0) is 71.5 Å². The highest BCUT2D eigenvalue weighted by atomic mass is 16.5. The Kier molecular flexibility index (Phi) is 9.83. The van der Waals surface area contributed by atoms with Gasteiger partial charge in [-0.15, -0.1) is 0 Å². The van der Waals surface area contributed by atoms with Gasteiger partial charge < -0.3 is 44.2 Å². The largest absolute Gasteiger partial charge is 0.488 e. The van der Waals surface area contributed by atoms with Crippen molar-refractivity contribution < 1.29 is 38.4 Å². The van der Waals surface area contributed by atoms with Gasteiger partial charge in [0.2, 0.25) is 5.91 Å². The monoisotopic (exact) mass is 765 g/mol. The van der Waals surface area contributed by atoms with Gasteiger partial charge in [-0.3, -0.25) is 9.69 Å². The summed E-state index contributed by atoms with van der Waals surface area (Å²) in [5.41, 5.74) is 5.53. The van der Waals surface area contributed by atoms with E-state index in [-0.39, 0.29) is 30.4 Å². The number of aromatic nitrogens is 4. The molecule has 0 aliphatic carbocycles. The lowest BCUT2D eigenvalue weighted by Crippen LogP contribution is -2.57. The Bertz CT molecular complexity index is 2320. The molecule has 4 N–H and O–H groups in total. The summed E-state index contributed by atoms with van der Waals surface area (Å²) in [6, 6.07) is 13.3. The van der Waals surface area contributed by atoms with Crippen molar-refractivity contribution in [2.75, 3.05) is 47.6 Å². The molecular weight excluding hydrogens is 718 g/mol. The van der Waals surface area contributed by atoms with Gasteiger partial charge >= 0.3 is 12.2 Å². The number of benzene rings is 3. The number of carboxylic acid groups (broad SMARTS) is 1. The third-order valence-electron chi connectivity index (χ3n) is 11.6. The molecule has 3 aromatic carbocycles. The molecule has 5 aromatic rings. The second kappa shape index (κ2) is 14.8. The Labute approximate surface area is 323 Å².